The molecule has 4 aromatic rings. The van der Waals surface area contributed by atoms with Gasteiger partial charge in [-0.05, 0) is 44.2 Å². The van der Waals surface area contributed by atoms with Crippen LogP contribution < -0.4 is 15.8 Å². The summed E-state index contributed by atoms with van der Waals surface area (Å²) >= 11 is 0. The van der Waals surface area contributed by atoms with Gasteiger partial charge in [0.1, 0.15) is 41.7 Å². The summed E-state index contributed by atoms with van der Waals surface area (Å²) in [4.78, 5) is 19.9. The minimum Gasteiger partial charge on any atom is -0.406 e. The zero-order chi connectivity index (χ0) is 28.2. The van der Waals surface area contributed by atoms with Gasteiger partial charge in [-0.2, -0.15) is 0 Å². The number of aliphatic hydroxyl groups is 2. The Balaban J connectivity index is 1.000. The van der Waals surface area contributed by atoms with Crippen molar-refractivity contribution >= 4 is 28.0 Å². The van der Waals surface area contributed by atoms with Gasteiger partial charge in [0.05, 0.1) is 17.4 Å². The number of H-pyrrole nitrogens is 1. The molecule has 1 aliphatic carbocycles. The minimum absolute atomic E-state index is 0.155. The Labute approximate surface area is 225 Å². The van der Waals surface area contributed by atoms with E-state index in [4.69, 9.17) is 10.5 Å². The van der Waals surface area contributed by atoms with E-state index in [1.807, 2.05) is 0 Å². The number of hydrogen-bond donors (Lipinski definition) is 5. The molecule has 0 unspecified atom stereocenters. The van der Waals surface area contributed by atoms with Crippen molar-refractivity contribution in [1.29, 1.82) is 0 Å². The fourth-order valence-electron chi connectivity index (χ4n) is 5.79. The molecular weight excluding hydrogens is 533 g/mol. The monoisotopic (exact) mass is 562 g/mol. The van der Waals surface area contributed by atoms with Gasteiger partial charge < -0.3 is 35.7 Å². The molecule has 12 nitrogen and oxygen atoms in total. The first-order valence-electron chi connectivity index (χ1n) is 12.9. The second-order valence-corrected chi connectivity index (χ2v) is 10.8. The zero-order valence-electron chi connectivity index (χ0n) is 21.5. The van der Waals surface area contributed by atoms with E-state index in [-0.39, 0.29) is 17.1 Å². The molecule has 1 saturated carbocycles. The van der Waals surface area contributed by atoms with Crippen LogP contribution in [0.2, 0.25) is 0 Å². The zero-order valence-corrected chi connectivity index (χ0v) is 21.5. The van der Waals surface area contributed by atoms with Crippen molar-refractivity contribution in [3.05, 3.63) is 36.7 Å². The van der Waals surface area contributed by atoms with Gasteiger partial charge in [0.15, 0.2) is 17.7 Å². The lowest BCUT2D eigenvalue weighted by atomic mass is 9.67. The number of anilines is 1. The van der Waals surface area contributed by atoms with Crippen LogP contribution in [0.3, 0.4) is 0 Å². The number of nitrogens with two attached hydrogens (primary N) is 1. The fourth-order valence-corrected chi connectivity index (χ4v) is 5.79. The molecule has 0 radical (unpaired) electrons. The molecule has 3 aromatic heterocycles. The topological polar surface area (TPSA) is 169 Å². The largest absolute Gasteiger partial charge is 0.573 e. The highest BCUT2D eigenvalue weighted by molar-refractivity contribution is 5.81. The molecular formula is C25H29F3N8O4. The highest BCUT2D eigenvalue weighted by Gasteiger charge is 2.46. The van der Waals surface area contributed by atoms with Gasteiger partial charge >= 0.3 is 6.36 Å². The summed E-state index contributed by atoms with van der Waals surface area (Å²) in [7, 11) is 0. The number of rotatable bonds is 8. The number of hydrogen-bond acceptors (Lipinski definition) is 10. The Hall–Kier alpha value is -3.53. The summed E-state index contributed by atoms with van der Waals surface area (Å²) in [6, 6.07) is 4.05. The number of nitrogen functional groups attached to an aromatic ring is 1. The van der Waals surface area contributed by atoms with Crippen LogP contribution in [0.15, 0.2) is 30.9 Å². The van der Waals surface area contributed by atoms with Gasteiger partial charge in [-0.15, -0.1) is 13.2 Å². The van der Waals surface area contributed by atoms with Crippen LogP contribution >= 0.6 is 0 Å². The van der Waals surface area contributed by atoms with Gasteiger partial charge in [0.25, 0.3) is 0 Å². The molecule has 6 rings (SSSR count). The summed E-state index contributed by atoms with van der Waals surface area (Å²) in [5.74, 6) is 1.06. The van der Waals surface area contributed by atoms with Crippen molar-refractivity contribution in [3.63, 3.8) is 0 Å². The average Bonchev–Trinajstić information content (AvgIpc) is 3.55. The summed E-state index contributed by atoms with van der Waals surface area (Å²) in [6.07, 6.45) is -2.47. The highest BCUT2D eigenvalue weighted by atomic mass is 19.4. The second-order valence-electron chi connectivity index (χ2n) is 10.8. The Bertz CT molecular complexity index is 1520. The lowest BCUT2D eigenvalue weighted by Gasteiger charge is -2.46. The van der Waals surface area contributed by atoms with Crippen LogP contribution in [0, 0.1) is 5.92 Å². The number of alkyl halides is 3. The SMILES string of the molecule is C[C@]1(NC[C@H]2O[C@@H](n3cnc4c(N)ncnc43)[C@@H](O)[C@H]2O)C[C@H](CCc2nc3cc(OC(F)(F)F)ccc3[nH]2)C1. The van der Waals surface area contributed by atoms with Crippen molar-refractivity contribution in [2.75, 3.05) is 12.3 Å². The summed E-state index contributed by atoms with van der Waals surface area (Å²) < 4.78 is 49.0. The van der Waals surface area contributed by atoms with Crippen LogP contribution in [0.4, 0.5) is 19.0 Å². The van der Waals surface area contributed by atoms with Gasteiger partial charge in [0.2, 0.25) is 0 Å². The Kier molecular flexibility index (Phi) is 6.56. The Morgan fingerprint density at radius 1 is 1.23 bits per heavy atom. The summed E-state index contributed by atoms with van der Waals surface area (Å²) in [6.45, 7) is 2.44. The number of aromatic nitrogens is 6. The molecule has 4 atom stereocenters. The first kappa shape index (κ1) is 26.7. The third-order valence-electron chi connectivity index (χ3n) is 7.73. The number of ether oxygens (including phenoxy) is 2. The second kappa shape index (κ2) is 9.83. The standard InChI is InChI=1S/C25H29F3N8O4/c1-24(7-12(8-24)2-5-17-34-14-4-3-13(6-15(14)35-17)40-25(26,27)28)33-9-16-19(37)20(38)23(39-16)36-11-32-18-21(29)30-10-31-22(18)36/h3-4,6,10-12,16,19-20,23,33,37-38H,2,5,7-9H2,1H3,(H,34,35)(H2,29,30,31)/t12-,16-,19+,20+,23-,24-/m1/s1. The molecule has 0 spiro atoms. The fraction of sp³-hybridized carbons (Fsp3) is 0.520. The average molecular weight is 563 g/mol. The van der Waals surface area contributed by atoms with Crippen molar-refractivity contribution in [2.45, 2.75) is 69.0 Å². The van der Waals surface area contributed by atoms with Crippen molar-refractivity contribution in [3.8, 4) is 5.75 Å². The van der Waals surface area contributed by atoms with E-state index in [1.54, 1.807) is 4.57 Å². The van der Waals surface area contributed by atoms with E-state index in [0.29, 0.717) is 46.9 Å². The summed E-state index contributed by atoms with van der Waals surface area (Å²) in [5.41, 5.74) is 7.57. The molecule has 40 heavy (non-hydrogen) atoms. The first-order chi connectivity index (χ1) is 19.0. The normalized spacial score (nSPS) is 28.8. The van der Waals surface area contributed by atoms with E-state index in [9.17, 15) is 23.4 Å². The number of nitrogens with one attached hydrogen (secondary N) is 2. The van der Waals surface area contributed by atoms with Crippen LogP contribution in [0.1, 0.15) is 38.2 Å². The smallest absolute Gasteiger partial charge is 0.406 e. The maximum absolute atomic E-state index is 12.5. The van der Waals surface area contributed by atoms with E-state index in [2.05, 4.69) is 41.9 Å². The molecule has 0 bridgehead atoms. The van der Waals surface area contributed by atoms with E-state index in [1.165, 1.54) is 30.9 Å². The predicted octanol–water partition coefficient (Wildman–Crippen LogP) is 2.19. The lowest BCUT2D eigenvalue weighted by molar-refractivity contribution is -0.274. The molecule has 214 valence electrons. The maximum atomic E-state index is 12.5. The van der Waals surface area contributed by atoms with Crippen molar-refractivity contribution in [1.82, 2.24) is 34.8 Å². The molecule has 1 saturated heterocycles. The van der Waals surface area contributed by atoms with Crippen LogP contribution in [-0.2, 0) is 11.2 Å². The van der Waals surface area contributed by atoms with Gasteiger partial charge in [-0.1, -0.05) is 0 Å². The third-order valence-corrected chi connectivity index (χ3v) is 7.73. The van der Waals surface area contributed by atoms with E-state index in [0.717, 1.165) is 19.3 Å². The molecule has 0 amide bonds. The lowest BCUT2D eigenvalue weighted by Crippen LogP contribution is -2.55. The molecule has 4 heterocycles. The van der Waals surface area contributed by atoms with Crippen LogP contribution in [0.5, 0.6) is 5.75 Å². The quantitative estimate of drug-likeness (QED) is 0.215. The number of fused-ring (bicyclic) bond motifs is 2. The number of aliphatic hydroxyl groups excluding tert-OH is 2. The summed E-state index contributed by atoms with van der Waals surface area (Å²) in [5, 5.41) is 24.8. The van der Waals surface area contributed by atoms with E-state index >= 15 is 0 Å². The van der Waals surface area contributed by atoms with Crippen molar-refractivity contribution in [2.24, 2.45) is 5.92 Å². The number of imidazole rings is 2. The maximum Gasteiger partial charge on any atom is 0.573 e. The van der Waals surface area contributed by atoms with Crippen molar-refractivity contribution < 1.29 is 32.9 Å². The number of aromatic amines is 1. The first-order valence-corrected chi connectivity index (χ1v) is 12.9. The number of aryl methyl sites for hydroxylation is 1. The molecule has 6 N–H and O–H groups in total. The number of benzene rings is 1. The molecule has 15 heteroatoms. The van der Waals surface area contributed by atoms with E-state index < -0.39 is 30.9 Å². The highest BCUT2D eigenvalue weighted by Crippen LogP contribution is 2.41. The molecule has 2 aliphatic rings. The molecule has 2 fully saturated rings. The Morgan fingerprint density at radius 2 is 2.02 bits per heavy atom. The predicted molar refractivity (Wildman–Crippen MR) is 136 cm³/mol. The van der Waals surface area contributed by atoms with Crippen LogP contribution in [0.25, 0.3) is 22.2 Å². The van der Waals surface area contributed by atoms with Gasteiger partial charge in [-0.3, -0.25) is 4.57 Å². The Morgan fingerprint density at radius 3 is 2.80 bits per heavy atom. The number of nitrogens with zero attached hydrogens (tertiary/aromatic N) is 5. The number of halogens is 3. The van der Waals surface area contributed by atoms with Gasteiger partial charge in [0, 0.05) is 24.6 Å². The molecule has 1 aromatic carbocycles. The van der Waals surface area contributed by atoms with Gasteiger partial charge in [-0.25, -0.2) is 19.9 Å². The minimum atomic E-state index is -4.75. The van der Waals surface area contributed by atoms with Crippen LogP contribution in [-0.4, -0.2) is 76.5 Å². The molecule has 1 aliphatic heterocycles. The third kappa shape index (κ3) is 5.16.